The first-order valence-electron chi connectivity index (χ1n) is 6.02. The molecule has 108 valence electrons. The normalized spacial score (nSPS) is 12.8. The molecule has 0 bridgehead atoms. The molecule has 0 radical (unpaired) electrons. The summed E-state index contributed by atoms with van der Waals surface area (Å²) < 4.78 is 37.8. The van der Waals surface area contributed by atoms with Crippen LogP contribution in [0.3, 0.4) is 0 Å². The fourth-order valence-electron chi connectivity index (χ4n) is 2.06. The second kappa shape index (κ2) is 4.54. The minimum atomic E-state index is -4.39. The van der Waals surface area contributed by atoms with Crippen LogP contribution in [0.1, 0.15) is 25.0 Å². The predicted molar refractivity (Wildman–Crippen MR) is 68.4 cm³/mol. The highest BCUT2D eigenvalue weighted by molar-refractivity contribution is 5.85. The van der Waals surface area contributed by atoms with Crippen molar-refractivity contribution in [2.24, 2.45) is 5.41 Å². The minimum absolute atomic E-state index is 0.244. The van der Waals surface area contributed by atoms with E-state index in [0.717, 1.165) is 12.1 Å². The van der Waals surface area contributed by atoms with Gasteiger partial charge >= 0.3 is 12.1 Å². The lowest BCUT2D eigenvalue weighted by molar-refractivity contribution is -0.146. The zero-order chi connectivity index (χ0) is 15.1. The van der Waals surface area contributed by atoms with Crippen molar-refractivity contribution in [2.75, 3.05) is 0 Å². The van der Waals surface area contributed by atoms with Crippen LogP contribution in [0.25, 0.3) is 10.9 Å². The van der Waals surface area contributed by atoms with Crippen molar-refractivity contribution in [3.63, 3.8) is 0 Å². The molecule has 20 heavy (non-hydrogen) atoms. The Balaban J connectivity index is 2.41. The predicted octanol–water partition coefficient (Wildman–Crippen LogP) is 3.84. The summed E-state index contributed by atoms with van der Waals surface area (Å²) in [4.78, 5) is 13.9. The lowest BCUT2D eigenvalue weighted by atomic mass is 9.86. The summed E-state index contributed by atoms with van der Waals surface area (Å²) in [5.74, 6) is -0.946. The molecule has 2 rings (SSSR count). The molecule has 0 aliphatic carbocycles. The molecule has 1 aromatic heterocycles. The van der Waals surface area contributed by atoms with Gasteiger partial charge < -0.3 is 10.1 Å². The maximum Gasteiger partial charge on any atom is 0.416 e. The number of carbonyl (C=O) groups is 1. The molecule has 0 spiro atoms. The van der Waals surface area contributed by atoms with Crippen LogP contribution >= 0.6 is 0 Å². The highest BCUT2D eigenvalue weighted by atomic mass is 19.4. The van der Waals surface area contributed by atoms with Crippen molar-refractivity contribution in [3.8, 4) is 0 Å². The number of nitrogens with one attached hydrogen (secondary N) is 1. The lowest BCUT2D eigenvalue weighted by Crippen LogP contribution is -2.26. The summed E-state index contributed by atoms with van der Waals surface area (Å²) in [5, 5.41) is 9.72. The topological polar surface area (TPSA) is 53.1 Å². The first-order chi connectivity index (χ1) is 9.11. The number of hydrogen-bond acceptors (Lipinski definition) is 1. The van der Waals surface area contributed by atoms with E-state index in [9.17, 15) is 18.0 Å². The van der Waals surface area contributed by atoms with Crippen molar-refractivity contribution in [3.05, 3.63) is 35.5 Å². The summed E-state index contributed by atoms with van der Waals surface area (Å²) in [6.45, 7) is 3.16. The molecule has 0 aliphatic rings. The third-order valence-corrected chi connectivity index (χ3v) is 3.31. The molecule has 2 N–H and O–H groups in total. The third-order valence-electron chi connectivity index (χ3n) is 3.31. The van der Waals surface area contributed by atoms with Gasteiger partial charge in [-0.25, -0.2) is 0 Å². The summed E-state index contributed by atoms with van der Waals surface area (Å²) >= 11 is 0. The molecule has 0 saturated carbocycles. The standard InChI is InChI=1S/C14H14F3NO2/c1-13(2,12(19)20)6-8-7-18-11-5-9(14(15,16)17)3-4-10(8)11/h3-5,7,18H,6H2,1-2H3,(H,19,20). The van der Waals surface area contributed by atoms with E-state index in [4.69, 9.17) is 5.11 Å². The zero-order valence-electron chi connectivity index (χ0n) is 11.0. The Hall–Kier alpha value is -1.98. The van der Waals surface area contributed by atoms with Gasteiger partial charge in [-0.3, -0.25) is 4.79 Å². The number of benzene rings is 1. The number of carboxylic acids is 1. The maximum atomic E-state index is 12.6. The molecule has 0 atom stereocenters. The number of aromatic nitrogens is 1. The van der Waals surface area contributed by atoms with Gasteiger partial charge in [0.2, 0.25) is 0 Å². The van der Waals surface area contributed by atoms with Crippen LogP contribution in [0, 0.1) is 5.41 Å². The van der Waals surface area contributed by atoms with Crippen molar-refractivity contribution < 1.29 is 23.1 Å². The molecule has 1 heterocycles. The Kier molecular flexibility index (Phi) is 3.28. The molecule has 0 amide bonds. The monoisotopic (exact) mass is 285 g/mol. The van der Waals surface area contributed by atoms with E-state index in [2.05, 4.69) is 4.98 Å². The van der Waals surface area contributed by atoms with Gasteiger partial charge in [0.1, 0.15) is 0 Å². The van der Waals surface area contributed by atoms with Crippen LogP contribution in [0.15, 0.2) is 24.4 Å². The van der Waals surface area contributed by atoms with Crippen LogP contribution in [0.5, 0.6) is 0 Å². The molecule has 3 nitrogen and oxygen atoms in total. The summed E-state index contributed by atoms with van der Waals surface area (Å²) in [6, 6.07) is 3.42. The van der Waals surface area contributed by atoms with Gasteiger partial charge in [0.15, 0.2) is 0 Å². The Labute approximate surface area is 113 Å². The lowest BCUT2D eigenvalue weighted by Gasteiger charge is -2.18. The van der Waals surface area contributed by atoms with Gasteiger partial charge in [0.05, 0.1) is 11.0 Å². The highest BCUT2D eigenvalue weighted by Gasteiger charge is 2.31. The SMILES string of the molecule is CC(C)(Cc1c[nH]c2cc(C(F)(F)F)ccc12)C(=O)O. The Morgan fingerprint density at radius 3 is 2.50 bits per heavy atom. The van der Waals surface area contributed by atoms with Crippen molar-refractivity contribution in [1.82, 2.24) is 4.98 Å². The zero-order valence-corrected chi connectivity index (χ0v) is 11.0. The fraction of sp³-hybridized carbons (Fsp3) is 0.357. The largest absolute Gasteiger partial charge is 0.481 e. The van der Waals surface area contributed by atoms with E-state index >= 15 is 0 Å². The highest BCUT2D eigenvalue weighted by Crippen LogP contribution is 2.33. The summed E-state index contributed by atoms with van der Waals surface area (Å²) in [6.07, 6.45) is -2.58. The summed E-state index contributed by atoms with van der Waals surface area (Å²) in [7, 11) is 0. The quantitative estimate of drug-likeness (QED) is 0.900. The van der Waals surface area contributed by atoms with Gasteiger partial charge in [0.25, 0.3) is 0 Å². The average Bonchev–Trinajstić information content (AvgIpc) is 2.70. The maximum absolute atomic E-state index is 12.6. The first-order valence-corrected chi connectivity index (χ1v) is 6.02. The number of carboxylic acid groups (broad SMARTS) is 1. The van der Waals surface area contributed by atoms with Gasteiger partial charge in [-0.05, 0) is 38.0 Å². The van der Waals surface area contributed by atoms with Crippen molar-refractivity contribution >= 4 is 16.9 Å². The number of rotatable bonds is 3. The minimum Gasteiger partial charge on any atom is -0.481 e. The van der Waals surface area contributed by atoms with E-state index < -0.39 is 23.1 Å². The van der Waals surface area contributed by atoms with Gasteiger partial charge in [-0.1, -0.05) is 6.07 Å². The Morgan fingerprint density at radius 1 is 1.30 bits per heavy atom. The summed E-state index contributed by atoms with van der Waals surface area (Å²) in [5.41, 5.74) is -0.648. The average molecular weight is 285 g/mol. The van der Waals surface area contributed by atoms with E-state index in [-0.39, 0.29) is 6.42 Å². The van der Waals surface area contributed by atoms with Gasteiger partial charge in [0, 0.05) is 17.1 Å². The van der Waals surface area contributed by atoms with E-state index in [1.165, 1.54) is 6.07 Å². The number of H-pyrrole nitrogens is 1. The van der Waals surface area contributed by atoms with E-state index in [1.807, 2.05) is 0 Å². The van der Waals surface area contributed by atoms with Crippen LogP contribution in [-0.4, -0.2) is 16.1 Å². The molecule has 2 aromatic rings. The molecule has 0 aliphatic heterocycles. The fourth-order valence-corrected chi connectivity index (χ4v) is 2.06. The molecule has 0 fully saturated rings. The van der Waals surface area contributed by atoms with Crippen LogP contribution < -0.4 is 0 Å². The van der Waals surface area contributed by atoms with Gasteiger partial charge in [-0.2, -0.15) is 13.2 Å². The van der Waals surface area contributed by atoms with E-state index in [0.29, 0.717) is 16.5 Å². The number of halogens is 3. The number of hydrogen-bond donors (Lipinski definition) is 2. The number of aromatic amines is 1. The first kappa shape index (κ1) is 14.4. The smallest absolute Gasteiger partial charge is 0.416 e. The van der Waals surface area contributed by atoms with Gasteiger partial charge in [-0.15, -0.1) is 0 Å². The third kappa shape index (κ3) is 2.64. The number of fused-ring (bicyclic) bond motifs is 1. The second-order valence-electron chi connectivity index (χ2n) is 5.44. The van der Waals surface area contributed by atoms with Crippen LogP contribution in [0.4, 0.5) is 13.2 Å². The number of alkyl halides is 3. The van der Waals surface area contributed by atoms with Crippen LogP contribution in [-0.2, 0) is 17.4 Å². The van der Waals surface area contributed by atoms with Crippen molar-refractivity contribution in [1.29, 1.82) is 0 Å². The molecule has 6 heteroatoms. The molecule has 0 saturated heterocycles. The number of aliphatic carboxylic acids is 1. The van der Waals surface area contributed by atoms with Crippen molar-refractivity contribution in [2.45, 2.75) is 26.4 Å². The van der Waals surface area contributed by atoms with Crippen LogP contribution in [0.2, 0.25) is 0 Å². The molecule has 1 aromatic carbocycles. The molecular formula is C14H14F3NO2. The Bertz CT molecular complexity index is 656. The molecule has 0 unspecified atom stereocenters. The molecular weight excluding hydrogens is 271 g/mol. The Morgan fingerprint density at radius 2 is 1.95 bits per heavy atom. The second-order valence-corrected chi connectivity index (χ2v) is 5.44. The van der Waals surface area contributed by atoms with E-state index in [1.54, 1.807) is 20.0 Å².